The third-order valence-corrected chi connectivity index (χ3v) is 2.40. The summed E-state index contributed by atoms with van der Waals surface area (Å²) in [6.07, 6.45) is 0.423. The highest BCUT2D eigenvalue weighted by Crippen LogP contribution is 2.05. The van der Waals surface area contributed by atoms with Crippen molar-refractivity contribution < 1.29 is 9.59 Å². The van der Waals surface area contributed by atoms with Gasteiger partial charge in [0.25, 0.3) is 0 Å². The van der Waals surface area contributed by atoms with Crippen molar-refractivity contribution in [1.29, 1.82) is 0 Å². The molecule has 1 aromatic rings. The SMILES string of the molecule is CC(=O)CCN(Cc1ccccc1)C(C)=O. The van der Waals surface area contributed by atoms with Crippen LogP contribution in [-0.2, 0) is 16.1 Å². The predicted molar refractivity (Wildman–Crippen MR) is 62.8 cm³/mol. The van der Waals surface area contributed by atoms with Crippen LogP contribution in [0.25, 0.3) is 0 Å². The van der Waals surface area contributed by atoms with Crippen molar-refractivity contribution in [3.63, 3.8) is 0 Å². The molecule has 0 N–H and O–H groups in total. The van der Waals surface area contributed by atoms with Crippen LogP contribution in [0.5, 0.6) is 0 Å². The molecule has 0 fully saturated rings. The lowest BCUT2D eigenvalue weighted by molar-refractivity contribution is -0.130. The van der Waals surface area contributed by atoms with Crippen molar-refractivity contribution in [2.24, 2.45) is 0 Å². The maximum atomic E-state index is 11.4. The van der Waals surface area contributed by atoms with Gasteiger partial charge in [0.15, 0.2) is 0 Å². The fourth-order valence-corrected chi connectivity index (χ4v) is 1.44. The lowest BCUT2D eigenvalue weighted by Gasteiger charge is -2.20. The minimum atomic E-state index is 0.00473. The zero-order valence-corrected chi connectivity index (χ0v) is 9.77. The number of carbonyl (C=O) groups is 2. The van der Waals surface area contributed by atoms with E-state index in [0.29, 0.717) is 19.5 Å². The second-order valence-corrected chi connectivity index (χ2v) is 3.88. The van der Waals surface area contributed by atoms with Crippen LogP contribution in [0.1, 0.15) is 25.8 Å². The van der Waals surface area contributed by atoms with Crippen LogP contribution in [0.4, 0.5) is 0 Å². The second-order valence-electron chi connectivity index (χ2n) is 3.88. The highest BCUT2D eigenvalue weighted by atomic mass is 16.2. The number of hydrogen-bond donors (Lipinski definition) is 0. The number of Topliss-reactive ketones (excluding diaryl/α,β-unsaturated/α-hetero) is 1. The van der Waals surface area contributed by atoms with Crippen molar-refractivity contribution in [3.8, 4) is 0 Å². The molecule has 0 aliphatic rings. The molecule has 1 amide bonds. The van der Waals surface area contributed by atoms with Gasteiger partial charge in [0, 0.05) is 26.4 Å². The first-order valence-electron chi connectivity index (χ1n) is 5.38. The Hall–Kier alpha value is -1.64. The van der Waals surface area contributed by atoms with Gasteiger partial charge in [-0.1, -0.05) is 30.3 Å². The molecule has 0 aliphatic carbocycles. The standard InChI is InChI=1S/C13H17NO2/c1-11(15)8-9-14(12(2)16)10-13-6-4-3-5-7-13/h3-7H,8-10H2,1-2H3. The molecule has 3 nitrogen and oxygen atoms in total. The minimum absolute atomic E-state index is 0.00473. The Bertz CT molecular complexity index is 359. The van der Waals surface area contributed by atoms with Gasteiger partial charge < -0.3 is 4.90 Å². The van der Waals surface area contributed by atoms with Gasteiger partial charge in [-0.15, -0.1) is 0 Å². The normalized spacial score (nSPS) is 9.88. The first-order valence-corrected chi connectivity index (χ1v) is 5.38. The Labute approximate surface area is 96.1 Å². The zero-order valence-electron chi connectivity index (χ0n) is 9.77. The Morgan fingerprint density at radius 2 is 1.75 bits per heavy atom. The van der Waals surface area contributed by atoms with E-state index in [0.717, 1.165) is 5.56 Å². The number of amides is 1. The number of nitrogens with zero attached hydrogens (tertiary/aromatic N) is 1. The van der Waals surface area contributed by atoms with E-state index in [1.54, 1.807) is 11.8 Å². The number of hydrogen-bond acceptors (Lipinski definition) is 2. The fraction of sp³-hybridized carbons (Fsp3) is 0.385. The number of carbonyl (C=O) groups excluding carboxylic acids is 2. The summed E-state index contributed by atoms with van der Waals surface area (Å²) in [7, 11) is 0. The van der Waals surface area contributed by atoms with Crippen LogP contribution in [0, 0.1) is 0 Å². The molecule has 0 atom stereocenters. The van der Waals surface area contributed by atoms with Gasteiger partial charge in [-0.3, -0.25) is 9.59 Å². The Morgan fingerprint density at radius 3 is 2.25 bits per heavy atom. The summed E-state index contributed by atoms with van der Waals surface area (Å²) >= 11 is 0. The van der Waals surface area contributed by atoms with Gasteiger partial charge in [-0.05, 0) is 12.5 Å². The first kappa shape index (κ1) is 12.4. The molecule has 1 rings (SSSR count). The van der Waals surface area contributed by atoms with Crippen molar-refractivity contribution >= 4 is 11.7 Å². The smallest absolute Gasteiger partial charge is 0.219 e. The molecule has 1 aromatic carbocycles. The molecule has 3 heteroatoms. The molecule has 0 unspecified atom stereocenters. The van der Waals surface area contributed by atoms with Crippen LogP contribution in [0.2, 0.25) is 0 Å². The molecule has 0 saturated heterocycles. The van der Waals surface area contributed by atoms with Gasteiger partial charge in [0.1, 0.15) is 5.78 Å². The molecular formula is C13H17NO2. The summed E-state index contributed by atoms with van der Waals surface area (Å²) < 4.78 is 0. The van der Waals surface area contributed by atoms with E-state index in [1.807, 2.05) is 30.3 Å². The molecule has 0 aromatic heterocycles. The quantitative estimate of drug-likeness (QED) is 0.759. The van der Waals surface area contributed by atoms with E-state index in [9.17, 15) is 9.59 Å². The van der Waals surface area contributed by atoms with E-state index in [-0.39, 0.29) is 11.7 Å². The van der Waals surface area contributed by atoms with Gasteiger partial charge in [0.05, 0.1) is 0 Å². The largest absolute Gasteiger partial charge is 0.338 e. The van der Waals surface area contributed by atoms with E-state index >= 15 is 0 Å². The Morgan fingerprint density at radius 1 is 1.12 bits per heavy atom. The van der Waals surface area contributed by atoms with Gasteiger partial charge in [-0.25, -0.2) is 0 Å². The molecule has 0 spiro atoms. The Balaban J connectivity index is 2.58. The van der Waals surface area contributed by atoms with E-state index in [1.165, 1.54) is 6.92 Å². The lowest BCUT2D eigenvalue weighted by atomic mass is 10.2. The van der Waals surface area contributed by atoms with Crippen LogP contribution < -0.4 is 0 Å². The molecular weight excluding hydrogens is 202 g/mol. The molecule has 0 saturated carbocycles. The Kier molecular flexibility index (Phi) is 4.70. The number of benzene rings is 1. The van der Waals surface area contributed by atoms with Crippen LogP contribution in [-0.4, -0.2) is 23.1 Å². The third kappa shape index (κ3) is 4.26. The summed E-state index contributed by atoms with van der Waals surface area (Å²) in [5.41, 5.74) is 1.08. The molecule has 86 valence electrons. The predicted octanol–water partition coefficient (Wildman–Crippen LogP) is 2.01. The van der Waals surface area contributed by atoms with Crippen molar-refractivity contribution in [3.05, 3.63) is 35.9 Å². The van der Waals surface area contributed by atoms with Crippen LogP contribution in [0.15, 0.2) is 30.3 Å². The van der Waals surface area contributed by atoms with Crippen molar-refractivity contribution in [2.45, 2.75) is 26.8 Å². The first-order chi connectivity index (χ1) is 7.59. The fourth-order valence-electron chi connectivity index (χ4n) is 1.44. The molecule has 16 heavy (non-hydrogen) atoms. The topological polar surface area (TPSA) is 37.4 Å². The molecule has 0 radical (unpaired) electrons. The molecule has 0 heterocycles. The summed E-state index contributed by atoms with van der Waals surface area (Å²) in [5.74, 6) is 0.115. The summed E-state index contributed by atoms with van der Waals surface area (Å²) in [6.45, 7) is 4.15. The van der Waals surface area contributed by atoms with Crippen molar-refractivity contribution in [1.82, 2.24) is 4.90 Å². The van der Waals surface area contributed by atoms with Crippen molar-refractivity contribution in [2.75, 3.05) is 6.54 Å². The van der Waals surface area contributed by atoms with E-state index < -0.39 is 0 Å². The lowest BCUT2D eigenvalue weighted by Crippen LogP contribution is -2.30. The van der Waals surface area contributed by atoms with Gasteiger partial charge in [-0.2, -0.15) is 0 Å². The zero-order chi connectivity index (χ0) is 12.0. The van der Waals surface area contributed by atoms with Crippen LogP contribution in [0.3, 0.4) is 0 Å². The molecule has 0 bridgehead atoms. The van der Waals surface area contributed by atoms with Crippen LogP contribution >= 0.6 is 0 Å². The minimum Gasteiger partial charge on any atom is -0.338 e. The average molecular weight is 219 g/mol. The summed E-state index contributed by atoms with van der Waals surface area (Å²) in [4.78, 5) is 24.0. The number of rotatable bonds is 5. The van der Waals surface area contributed by atoms with E-state index in [4.69, 9.17) is 0 Å². The monoisotopic (exact) mass is 219 g/mol. The van der Waals surface area contributed by atoms with Gasteiger partial charge in [0.2, 0.25) is 5.91 Å². The highest BCUT2D eigenvalue weighted by Gasteiger charge is 2.09. The van der Waals surface area contributed by atoms with E-state index in [2.05, 4.69) is 0 Å². The average Bonchev–Trinajstić information content (AvgIpc) is 2.25. The number of ketones is 1. The maximum Gasteiger partial charge on any atom is 0.219 e. The summed E-state index contributed by atoms with van der Waals surface area (Å²) in [5, 5.41) is 0. The second kappa shape index (κ2) is 6.05. The summed E-state index contributed by atoms with van der Waals surface area (Å²) in [6, 6.07) is 9.78. The highest BCUT2D eigenvalue weighted by molar-refractivity contribution is 5.77. The third-order valence-electron chi connectivity index (χ3n) is 2.40. The van der Waals surface area contributed by atoms with Gasteiger partial charge >= 0.3 is 0 Å². The maximum absolute atomic E-state index is 11.4. The molecule has 0 aliphatic heterocycles.